The highest BCUT2D eigenvalue weighted by Gasteiger charge is 2.19. The Hall–Kier alpha value is -0.970. The lowest BCUT2D eigenvalue weighted by atomic mass is 10.1. The van der Waals surface area contributed by atoms with Gasteiger partial charge in [-0.15, -0.1) is 0 Å². The third-order valence-electron chi connectivity index (χ3n) is 3.70. The molecule has 0 unspecified atom stereocenters. The summed E-state index contributed by atoms with van der Waals surface area (Å²) in [5.41, 5.74) is 7.09. The number of nitrogens with two attached hydrogens (primary N) is 1. The van der Waals surface area contributed by atoms with Gasteiger partial charge in [0, 0.05) is 12.6 Å². The van der Waals surface area contributed by atoms with Gasteiger partial charge in [-0.25, -0.2) is 0 Å². The lowest BCUT2D eigenvalue weighted by Gasteiger charge is -2.30. The maximum atomic E-state index is 6.24. The third-order valence-corrected chi connectivity index (χ3v) is 3.98. The highest BCUT2D eigenvalue weighted by Crippen LogP contribution is 2.38. The molecule has 2 heterocycles. The number of piperidine rings is 1. The highest BCUT2D eigenvalue weighted by molar-refractivity contribution is 6.32. The zero-order valence-electron chi connectivity index (χ0n) is 10.9. The summed E-state index contributed by atoms with van der Waals surface area (Å²) in [6.45, 7) is 4.14. The minimum atomic E-state index is 0.361. The molecule has 0 spiro atoms. The molecule has 1 saturated heterocycles. The molecule has 0 saturated carbocycles. The Bertz CT molecular complexity index is 459. The Kier molecular flexibility index (Phi) is 3.82. The summed E-state index contributed by atoms with van der Waals surface area (Å²) in [5, 5.41) is 0.640. The van der Waals surface area contributed by atoms with E-state index < -0.39 is 0 Å². The summed E-state index contributed by atoms with van der Waals surface area (Å²) in [6, 6.07) is 4.37. The van der Waals surface area contributed by atoms with Crippen LogP contribution in [0.4, 0.5) is 0 Å². The summed E-state index contributed by atoms with van der Waals surface area (Å²) in [5.74, 6) is 1.44. The van der Waals surface area contributed by atoms with Gasteiger partial charge in [-0.3, -0.25) is 4.90 Å². The molecule has 1 aromatic carbocycles. The number of hydrogen-bond acceptors (Lipinski definition) is 4. The van der Waals surface area contributed by atoms with E-state index in [9.17, 15) is 0 Å². The van der Waals surface area contributed by atoms with Crippen LogP contribution in [-0.2, 0) is 6.54 Å². The Labute approximate surface area is 118 Å². The van der Waals surface area contributed by atoms with Crippen LogP contribution in [-0.4, -0.2) is 37.2 Å². The lowest BCUT2D eigenvalue weighted by Crippen LogP contribution is -2.39. The maximum Gasteiger partial charge on any atom is 0.179 e. The number of likely N-dealkylation sites (tertiary alicyclic amines) is 1. The molecule has 2 N–H and O–H groups in total. The summed E-state index contributed by atoms with van der Waals surface area (Å²) in [4.78, 5) is 2.41. The van der Waals surface area contributed by atoms with Crippen LogP contribution in [0.25, 0.3) is 0 Å². The third kappa shape index (κ3) is 2.96. The van der Waals surface area contributed by atoms with Gasteiger partial charge in [-0.2, -0.15) is 0 Å². The van der Waals surface area contributed by atoms with Crippen LogP contribution in [0.1, 0.15) is 18.4 Å². The monoisotopic (exact) mass is 282 g/mol. The van der Waals surface area contributed by atoms with Crippen LogP contribution in [0.15, 0.2) is 12.1 Å². The molecule has 2 aliphatic rings. The van der Waals surface area contributed by atoms with Crippen molar-refractivity contribution in [3.63, 3.8) is 0 Å². The molecular formula is C14H19ClN2O2. The fourth-order valence-corrected chi connectivity index (χ4v) is 2.91. The van der Waals surface area contributed by atoms with E-state index in [-0.39, 0.29) is 0 Å². The minimum absolute atomic E-state index is 0.361. The molecule has 1 fully saturated rings. The number of halogens is 1. The number of benzene rings is 1. The molecule has 0 atom stereocenters. The molecule has 1 aromatic rings. The summed E-state index contributed by atoms with van der Waals surface area (Å²) >= 11 is 6.24. The van der Waals surface area contributed by atoms with Crippen molar-refractivity contribution in [1.82, 2.24) is 4.90 Å². The van der Waals surface area contributed by atoms with Gasteiger partial charge in [0.15, 0.2) is 11.5 Å². The minimum Gasteiger partial charge on any atom is -0.486 e. The standard InChI is InChI=1S/C14H19ClN2O2/c15-12-7-10(8-13-14(12)19-6-5-18-13)9-17-3-1-11(16)2-4-17/h7-8,11H,1-6,9,16H2. The number of fused-ring (bicyclic) bond motifs is 1. The second kappa shape index (κ2) is 5.57. The van der Waals surface area contributed by atoms with E-state index in [2.05, 4.69) is 4.90 Å². The van der Waals surface area contributed by atoms with E-state index in [0.717, 1.165) is 38.2 Å². The fourth-order valence-electron chi connectivity index (χ4n) is 2.62. The van der Waals surface area contributed by atoms with Crippen molar-refractivity contribution in [2.75, 3.05) is 26.3 Å². The summed E-state index contributed by atoms with van der Waals surface area (Å²) in [6.07, 6.45) is 2.14. The fraction of sp³-hybridized carbons (Fsp3) is 0.571. The molecule has 3 rings (SSSR count). The molecule has 0 amide bonds. The zero-order chi connectivity index (χ0) is 13.2. The first-order valence-corrected chi connectivity index (χ1v) is 7.16. The van der Waals surface area contributed by atoms with Crippen LogP contribution in [0.5, 0.6) is 11.5 Å². The highest BCUT2D eigenvalue weighted by atomic mass is 35.5. The van der Waals surface area contributed by atoms with Crippen LogP contribution in [0, 0.1) is 0 Å². The van der Waals surface area contributed by atoms with Gasteiger partial charge in [-0.1, -0.05) is 11.6 Å². The average Bonchev–Trinajstić information content (AvgIpc) is 2.42. The van der Waals surface area contributed by atoms with Crippen molar-refractivity contribution in [2.45, 2.75) is 25.4 Å². The molecule has 104 valence electrons. The summed E-state index contributed by atoms with van der Waals surface area (Å²) < 4.78 is 11.1. The number of ether oxygens (including phenoxy) is 2. The zero-order valence-corrected chi connectivity index (χ0v) is 11.7. The molecular weight excluding hydrogens is 264 g/mol. The van der Waals surface area contributed by atoms with Gasteiger partial charge >= 0.3 is 0 Å². The molecule has 2 aliphatic heterocycles. The van der Waals surface area contributed by atoms with E-state index in [0.29, 0.717) is 30.0 Å². The number of hydrogen-bond donors (Lipinski definition) is 1. The molecule has 19 heavy (non-hydrogen) atoms. The first kappa shape index (κ1) is 13.0. The van der Waals surface area contributed by atoms with Crippen LogP contribution in [0.3, 0.4) is 0 Å². The van der Waals surface area contributed by atoms with E-state index in [1.54, 1.807) is 0 Å². The van der Waals surface area contributed by atoms with Gasteiger partial charge in [0.2, 0.25) is 0 Å². The Morgan fingerprint density at radius 2 is 1.95 bits per heavy atom. The van der Waals surface area contributed by atoms with Crippen molar-refractivity contribution in [3.05, 3.63) is 22.7 Å². The Morgan fingerprint density at radius 3 is 2.74 bits per heavy atom. The first-order valence-electron chi connectivity index (χ1n) is 6.78. The van der Waals surface area contributed by atoms with Crippen molar-refractivity contribution >= 4 is 11.6 Å². The van der Waals surface area contributed by atoms with E-state index in [4.69, 9.17) is 26.8 Å². The average molecular weight is 283 g/mol. The first-order chi connectivity index (χ1) is 9.22. The van der Waals surface area contributed by atoms with Crippen LogP contribution < -0.4 is 15.2 Å². The molecule has 4 nitrogen and oxygen atoms in total. The van der Waals surface area contributed by atoms with Gasteiger partial charge in [-0.05, 0) is 43.6 Å². The summed E-state index contributed by atoms with van der Waals surface area (Å²) in [7, 11) is 0. The van der Waals surface area contributed by atoms with Gasteiger partial charge < -0.3 is 15.2 Å². The Balaban J connectivity index is 1.73. The molecule has 0 aliphatic carbocycles. The predicted molar refractivity (Wildman–Crippen MR) is 74.9 cm³/mol. The number of rotatable bonds is 2. The van der Waals surface area contributed by atoms with Gasteiger partial charge in [0.1, 0.15) is 13.2 Å². The van der Waals surface area contributed by atoms with Crippen molar-refractivity contribution < 1.29 is 9.47 Å². The van der Waals surface area contributed by atoms with Crippen LogP contribution in [0.2, 0.25) is 5.02 Å². The topological polar surface area (TPSA) is 47.7 Å². The van der Waals surface area contributed by atoms with Crippen molar-refractivity contribution in [1.29, 1.82) is 0 Å². The molecule has 0 aromatic heterocycles. The smallest absolute Gasteiger partial charge is 0.179 e. The van der Waals surface area contributed by atoms with Crippen LogP contribution >= 0.6 is 11.6 Å². The molecule has 5 heteroatoms. The second-order valence-electron chi connectivity index (χ2n) is 5.22. The predicted octanol–water partition coefficient (Wildman–Crippen LogP) is 2.03. The maximum absolute atomic E-state index is 6.24. The second-order valence-corrected chi connectivity index (χ2v) is 5.62. The van der Waals surface area contributed by atoms with E-state index in [1.165, 1.54) is 5.56 Å². The molecule has 0 bridgehead atoms. The largest absolute Gasteiger partial charge is 0.486 e. The SMILES string of the molecule is NC1CCN(Cc2cc(Cl)c3c(c2)OCCO3)CC1. The normalized spacial score (nSPS) is 20.5. The van der Waals surface area contributed by atoms with Crippen molar-refractivity contribution in [3.8, 4) is 11.5 Å². The van der Waals surface area contributed by atoms with E-state index >= 15 is 0 Å². The lowest BCUT2D eigenvalue weighted by molar-refractivity contribution is 0.170. The quantitative estimate of drug-likeness (QED) is 0.902. The van der Waals surface area contributed by atoms with E-state index in [1.807, 2.05) is 12.1 Å². The van der Waals surface area contributed by atoms with Gasteiger partial charge in [0.05, 0.1) is 5.02 Å². The van der Waals surface area contributed by atoms with Gasteiger partial charge in [0.25, 0.3) is 0 Å². The Morgan fingerprint density at radius 1 is 1.21 bits per heavy atom. The number of nitrogens with zero attached hydrogens (tertiary/aromatic N) is 1. The van der Waals surface area contributed by atoms with Crippen molar-refractivity contribution in [2.24, 2.45) is 5.73 Å². The molecule has 0 radical (unpaired) electrons.